The maximum absolute atomic E-state index is 12.3. The van der Waals surface area contributed by atoms with E-state index in [0.29, 0.717) is 19.6 Å². The summed E-state index contributed by atoms with van der Waals surface area (Å²) in [6.45, 7) is 2.02. The summed E-state index contributed by atoms with van der Waals surface area (Å²) in [7, 11) is 0. The van der Waals surface area contributed by atoms with E-state index < -0.39 is 11.9 Å². The van der Waals surface area contributed by atoms with Crippen molar-refractivity contribution in [3.8, 4) is 0 Å². The topological polar surface area (TPSA) is 105 Å². The van der Waals surface area contributed by atoms with Gasteiger partial charge in [0.15, 0.2) is 0 Å². The van der Waals surface area contributed by atoms with Gasteiger partial charge in [-0.1, -0.05) is 36.4 Å². The Bertz CT molecular complexity index is 852. The molecule has 1 heterocycles. The van der Waals surface area contributed by atoms with Crippen molar-refractivity contribution < 1.29 is 14.4 Å². The van der Waals surface area contributed by atoms with Gasteiger partial charge in [0.1, 0.15) is 0 Å². The van der Waals surface area contributed by atoms with Gasteiger partial charge in [-0.3, -0.25) is 19.3 Å². The molecule has 2 aromatic rings. The molecule has 0 aromatic heterocycles. The Hall–Kier alpha value is -2.93. The molecule has 0 spiro atoms. The third-order valence-electron chi connectivity index (χ3n) is 4.71. The number of hydrogen-bond acceptors (Lipinski definition) is 4. The summed E-state index contributed by atoms with van der Waals surface area (Å²) in [5, 5.41) is 7.79. The summed E-state index contributed by atoms with van der Waals surface area (Å²) in [5.74, 6) is -0.877. The van der Waals surface area contributed by atoms with Crippen LogP contribution in [-0.4, -0.2) is 48.3 Å². The summed E-state index contributed by atoms with van der Waals surface area (Å²) in [4.78, 5) is 37.3. The van der Waals surface area contributed by atoms with Gasteiger partial charge in [-0.15, -0.1) is 0 Å². The molecule has 2 aromatic carbocycles. The maximum Gasteiger partial charge on any atom is 0.237 e. The van der Waals surface area contributed by atoms with E-state index in [1.54, 1.807) is 0 Å². The minimum atomic E-state index is -0.529. The lowest BCUT2D eigenvalue weighted by molar-refractivity contribution is -0.134. The second-order valence-corrected chi connectivity index (χ2v) is 6.73. The van der Waals surface area contributed by atoms with Crippen LogP contribution in [0.25, 0.3) is 10.8 Å². The van der Waals surface area contributed by atoms with Gasteiger partial charge in [-0.05, 0) is 22.4 Å². The number of nitrogens with zero attached hydrogens (tertiary/aromatic N) is 1. The van der Waals surface area contributed by atoms with Crippen molar-refractivity contribution in [2.24, 2.45) is 5.73 Å². The van der Waals surface area contributed by atoms with Crippen LogP contribution in [0.2, 0.25) is 0 Å². The fraction of sp³-hybridized carbons (Fsp3) is 0.350. The van der Waals surface area contributed by atoms with Gasteiger partial charge in [0, 0.05) is 32.6 Å². The number of carbonyl (C=O) groups is 3. The van der Waals surface area contributed by atoms with E-state index in [0.717, 1.165) is 10.9 Å². The number of piperazine rings is 1. The molecular formula is C20H24N4O3. The summed E-state index contributed by atoms with van der Waals surface area (Å²) in [6.07, 6.45) is 0.140. The molecule has 27 heavy (non-hydrogen) atoms. The van der Waals surface area contributed by atoms with Crippen LogP contribution in [0.5, 0.6) is 0 Å². The Labute approximate surface area is 157 Å². The van der Waals surface area contributed by atoms with Crippen LogP contribution in [0.1, 0.15) is 18.4 Å². The molecule has 3 rings (SSSR count). The molecule has 4 N–H and O–H groups in total. The number of fused-ring (bicyclic) bond motifs is 1. The van der Waals surface area contributed by atoms with Gasteiger partial charge in [-0.2, -0.15) is 0 Å². The van der Waals surface area contributed by atoms with Gasteiger partial charge in [0.05, 0.1) is 12.5 Å². The largest absolute Gasteiger partial charge is 0.370 e. The zero-order valence-electron chi connectivity index (χ0n) is 15.1. The lowest BCUT2D eigenvalue weighted by Gasteiger charge is -2.34. The van der Waals surface area contributed by atoms with Crippen LogP contribution in [-0.2, 0) is 20.9 Å². The molecule has 7 nitrogen and oxygen atoms in total. The van der Waals surface area contributed by atoms with Crippen molar-refractivity contribution in [2.45, 2.75) is 25.4 Å². The van der Waals surface area contributed by atoms with Crippen LogP contribution in [0, 0.1) is 0 Å². The third-order valence-corrected chi connectivity index (χ3v) is 4.71. The fourth-order valence-corrected chi connectivity index (χ4v) is 3.32. The highest BCUT2D eigenvalue weighted by Gasteiger charge is 2.31. The Balaban J connectivity index is 1.66. The van der Waals surface area contributed by atoms with Crippen molar-refractivity contribution in [3.05, 3.63) is 48.0 Å². The number of nitrogens with one attached hydrogen (secondary N) is 2. The smallest absolute Gasteiger partial charge is 0.237 e. The Morgan fingerprint density at radius 3 is 2.74 bits per heavy atom. The van der Waals surface area contributed by atoms with Crippen molar-refractivity contribution in [1.29, 1.82) is 0 Å². The van der Waals surface area contributed by atoms with E-state index in [1.807, 2.05) is 17.0 Å². The quantitative estimate of drug-likeness (QED) is 0.663. The first-order valence-corrected chi connectivity index (χ1v) is 9.07. The number of hydrogen-bond donors (Lipinski definition) is 3. The SMILES string of the molecule is NC(=O)CCNC(=O)C[C@H]1C(=O)NCCN1Cc1ccc2ccccc2c1. The van der Waals surface area contributed by atoms with Gasteiger partial charge in [0.25, 0.3) is 0 Å². The highest BCUT2D eigenvalue weighted by atomic mass is 16.2. The van der Waals surface area contributed by atoms with Crippen LogP contribution in [0.4, 0.5) is 0 Å². The second-order valence-electron chi connectivity index (χ2n) is 6.73. The van der Waals surface area contributed by atoms with E-state index in [4.69, 9.17) is 5.73 Å². The monoisotopic (exact) mass is 368 g/mol. The normalized spacial score (nSPS) is 17.5. The van der Waals surface area contributed by atoms with Crippen LogP contribution < -0.4 is 16.4 Å². The maximum atomic E-state index is 12.3. The number of carbonyl (C=O) groups excluding carboxylic acids is 3. The highest BCUT2D eigenvalue weighted by Crippen LogP contribution is 2.19. The first-order valence-electron chi connectivity index (χ1n) is 9.07. The van der Waals surface area contributed by atoms with Crippen molar-refractivity contribution >= 4 is 28.5 Å². The zero-order valence-corrected chi connectivity index (χ0v) is 15.1. The number of rotatable bonds is 7. The average Bonchev–Trinajstić information content (AvgIpc) is 2.64. The van der Waals surface area contributed by atoms with Gasteiger partial charge < -0.3 is 16.4 Å². The molecular weight excluding hydrogens is 344 g/mol. The number of primary amides is 1. The van der Waals surface area contributed by atoms with E-state index in [1.165, 1.54) is 5.39 Å². The third kappa shape index (κ3) is 5.04. The molecule has 7 heteroatoms. The van der Waals surface area contributed by atoms with Crippen molar-refractivity contribution in [3.63, 3.8) is 0 Å². The molecule has 0 radical (unpaired) electrons. The minimum Gasteiger partial charge on any atom is -0.370 e. The Kier molecular flexibility index (Phi) is 6.03. The fourth-order valence-electron chi connectivity index (χ4n) is 3.32. The predicted molar refractivity (Wildman–Crippen MR) is 103 cm³/mol. The summed E-state index contributed by atoms with van der Waals surface area (Å²) >= 11 is 0. The predicted octanol–water partition coefficient (Wildman–Crippen LogP) is 0.522. The van der Waals surface area contributed by atoms with E-state index >= 15 is 0 Å². The number of nitrogens with two attached hydrogens (primary N) is 1. The molecule has 1 aliphatic rings. The van der Waals surface area contributed by atoms with Crippen LogP contribution in [0.3, 0.4) is 0 Å². The van der Waals surface area contributed by atoms with Gasteiger partial charge >= 0.3 is 0 Å². The van der Waals surface area contributed by atoms with E-state index in [-0.39, 0.29) is 31.2 Å². The van der Waals surface area contributed by atoms with E-state index in [2.05, 4.69) is 41.0 Å². The van der Waals surface area contributed by atoms with Gasteiger partial charge in [0.2, 0.25) is 17.7 Å². The highest BCUT2D eigenvalue weighted by molar-refractivity contribution is 5.89. The van der Waals surface area contributed by atoms with E-state index in [9.17, 15) is 14.4 Å². The summed E-state index contributed by atoms with van der Waals surface area (Å²) in [6, 6.07) is 13.8. The molecule has 3 amide bonds. The average molecular weight is 368 g/mol. The molecule has 0 saturated carbocycles. The summed E-state index contributed by atoms with van der Waals surface area (Å²) < 4.78 is 0. The molecule has 0 bridgehead atoms. The minimum absolute atomic E-state index is 0.0537. The van der Waals surface area contributed by atoms with Crippen LogP contribution >= 0.6 is 0 Å². The summed E-state index contributed by atoms with van der Waals surface area (Å²) in [5.41, 5.74) is 6.17. The molecule has 1 saturated heterocycles. The van der Waals surface area contributed by atoms with Crippen molar-refractivity contribution in [2.75, 3.05) is 19.6 Å². The van der Waals surface area contributed by atoms with Gasteiger partial charge in [-0.25, -0.2) is 0 Å². The number of benzene rings is 2. The number of amides is 3. The Morgan fingerprint density at radius 2 is 1.96 bits per heavy atom. The first kappa shape index (κ1) is 18.8. The molecule has 0 unspecified atom stereocenters. The lowest BCUT2D eigenvalue weighted by Crippen LogP contribution is -2.56. The molecule has 142 valence electrons. The lowest BCUT2D eigenvalue weighted by atomic mass is 10.0. The molecule has 0 aliphatic carbocycles. The molecule has 1 atom stereocenters. The first-order chi connectivity index (χ1) is 13.0. The molecule has 1 aliphatic heterocycles. The van der Waals surface area contributed by atoms with Crippen LogP contribution in [0.15, 0.2) is 42.5 Å². The zero-order chi connectivity index (χ0) is 19.2. The Morgan fingerprint density at radius 1 is 1.19 bits per heavy atom. The van der Waals surface area contributed by atoms with Crippen molar-refractivity contribution in [1.82, 2.24) is 15.5 Å². The standard InChI is InChI=1S/C20H24N4O3/c21-18(25)7-8-22-19(26)12-17-20(27)23-9-10-24(17)13-14-5-6-15-3-1-2-4-16(15)11-14/h1-6,11,17H,7-10,12-13H2,(H2,21,25)(H,22,26)(H,23,27)/t17-/m0/s1. The molecule has 1 fully saturated rings. The second kappa shape index (κ2) is 8.64.